The van der Waals surface area contributed by atoms with Crippen LogP contribution in [0.1, 0.15) is 12.5 Å². The second-order valence-electron chi connectivity index (χ2n) is 4.58. The molecule has 2 rings (SSSR count). The van der Waals surface area contributed by atoms with Crippen LogP contribution < -0.4 is 10.1 Å². The number of hydrogen-bond acceptors (Lipinski definition) is 2. The van der Waals surface area contributed by atoms with E-state index in [2.05, 4.69) is 10.1 Å². The number of halogens is 3. The summed E-state index contributed by atoms with van der Waals surface area (Å²) in [6, 6.07) is 9.70. The average Bonchev–Trinajstić information content (AvgIpc) is 2.37. The Morgan fingerprint density at radius 1 is 1.24 bits per heavy atom. The fourth-order valence-corrected chi connectivity index (χ4v) is 2.10. The monoisotopic (exact) mass is 297 g/mol. The highest BCUT2D eigenvalue weighted by Gasteiger charge is 2.31. The third kappa shape index (κ3) is 4.37. The zero-order valence-electron chi connectivity index (χ0n) is 11.3. The van der Waals surface area contributed by atoms with Gasteiger partial charge in [-0.3, -0.25) is 4.79 Å². The van der Waals surface area contributed by atoms with E-state index in [1.807, 2.05) is 18.2 Å². The predicted octanol–water partition coefficient (Wildman–Crippen LogP) is 3.42. The van der Waals surface area contributed by atoms with Crippen molar-refractivity contribution in [2.24, 2.45) is 0 Å². The van der Waals surface area contributed by atoms with Crippen molar-refractivity contribution in [1.29, 1.82) is 0 Å². The SMILES string of the molecule is CC(=O)NCCc1cccc2ccc(OC(F)(F)F)cc12. The van der Waals surface area contributed by atoms with E-state index in [-0.39, 0.29) is 11.7 Å². The second kappa shape index (κ2) is 6.03. The number of benzene rings is 2. The minimum atomic E-state index is -4.71. The molecule has 6 heteroatoms. The molecule has 0 aliphatic heterocycles. The molecule has 0 aliphatic carbocycles. The number of alkyl halides is 3. The van der Waals surface area contributed by atoms with Crippen LogP contribution >= 0.6 is 0 Å². The molecule has 0 aliphatic rings. The molecule has 2 aromatic carbocycles. The molecule has 0 bridgehead atoms. The van der Waals surface area contributed by atoms with Crippen molar-refractivity contribution in [3.8, 4) is 5.75 Å². The quantitative estimate of drug-likeness (QED) is 0.939. The molecule has 0 unspecified atom stereocenters. The van der Waals surface area contributed by atoms with E-state index in [1.165, 1.54) is 19.1 Å². The Bertz CT molecular complexity index is 653. The molecule has 0 atom stereocenters. The van der Waals surface area contributed by atoms with Crippen molar-refractivity contribution in [3.05, 3.63) is 42.0 Å². The summed E-state index contributed by atoms with van der Waals surface area (Å²) in [6.45, 7) is 1.84. The topological polar surface area (TPSA) is 38.3 Å². The van der Waals surface area contributed by atoms with Crippen molar-refractivity contribution < 1.29 is 22.7 Å². The van der Waals surface area contributed by atoms with Gasteiger partial charge < -0.3 is 10.1 Å². The van der Waals surface area contributed by atoms with Crippen LogP contribution in [0.15, 0.2) is 36.4 Å². The van der Waals surface area contributed by atoms with E-state index < -0.39 is 6.36 Å². The normalized spacial score (nSPS) is 11.4. The molecule has 1 N–H and O–H groups in total. The van der Waals surface area contributed by atoms with Gasteiger partial charge in [-0.05, 0) is 34.9 Å². The summed E-state index contributed by atoms with van der Waals surface area (Å²) in [6.07, 6.45) is -4.18. The van der Waals surface area contributed by atoms with Gasteiger partial charge in [-0.1, -0.05) is 24.3 Å². The number of ether oxygens (including phenoxy) is 1. The minimum Gasteiger partial charge on any atom is -0.406 e. The summed E-state index contributed by atoms with van der Waals surface area (Å²) < 4.78 is 40.7. The molecular weight excluding hydrogens is 283 g/mol. The Labute approximate surface area is 119 Å². The Morgan fingerprint density at radius 2 is 2.00 bits per heavy atom. The van der Waals surface area contributed by atoms with Gasteiger partial charge in [0.2, 0.25) is 5.91 Å². The third-order valence-electron chi connectivity index (χ3n) is 2.95. The Kier molecular flexibility index (Phi) is 4.35. The molecule has 0 aromatic heterocycles. The molecule has 21 heavy (non-hydrogen) atoms. The van der Waals surface area contributed by atoms with Gasteiger partial charge in [-0.2, -0.15) is 0 Å². The maximum absolute atomic E-state index is 12.3. The third-order valence-corrected chi connectivity index (χ3v) is 2.95. The number of hydrogen-bond donors (Lipinski definition) is 1. The summed E-state index contributed by atoms with van der Waals surface area (Å²) in [5.41, 5.74) is 0.855. The van der Waals surface area contributed by atoms with E-state index in [0.717, 1.165) is 10.9 Å². The van der Waals surface area contributed by atoms with E-state index in [0.29, 0.717) is 18.4 Å². The molecule has 3 nitrogen and oxygen atoms in total. The van der Waals surface area contributed by atoms with Gasteiger partial charge in [0.1, 0.15) is 5.75 Å². The first-order chi connectivity index (χ1) is 9.85. The number of fused-ring (bicyclic) bond motifs is 1. The molecule has 0 heterocycles. The number of nitrogens with one attached hydrogen (secondary N) is 1. The fourth-order valence-electron chi connectivity index (χ4n) is 2.10. The van der Waals surface area contributed by atoms with Gasteiger partial charge in [0.05, 0.1) is 0 Å². The Morgan fingerprint density at radius 3 is 2.67 bits per heavy atom. The molecular formula is C15H14F3NO2. The Balaban J connectivity index is 2.28. The number of carbonyl (C=O) groups is 1. The Hall–Kier alpha value is -2.24. The summed E-state index contributed by atoms with van der Waals surface area (Å²) in [5.74, 6) is -0.390. The second-order valence-corrected chi connectivity index (χ2v) is 4.58. The van der Waals surface area contributed by atoms with Crippen molar-refractivity contribution in [2.45, 2.75) is 19.7 Å². The maximum atomic E-state index is 12.3. The van der Waals surface area contributed by atoms with Crippen LogP contribution in [0.3, 0.4) is 0 Å². The molecule has 112 valence electrons. The van der Waals surface area contributed by atoms with Gasteiger partial charge in [0.25, 0.3) is 0 Å². The summed E-state index contributed by atoms with van der Waals surface area (Å²) in [7, 11) is 0. The van der Waals surface area contributed by atoms with Gasteiger partial charge in [0, 0.05) is 13.5 Å². The summed E-state index contributed by atoms with van der Waals surface area (Å²) in [4.78, 5) is 10.9. The molecule has 1 amide bonds. The zero-order chi connectivity index (χ0) is 15.5. The van der Waals surface area contributed by atoms with Crippen LogP contribution in [-0.4, -0.2) is 18.8 Å². The largest absolute Gasteiger partial charge is 0.573 e. The minimum absolute atomic E-state index is 0.142. The first-order valence-electron chi connectivity index (χ1n) is 6.37. The van der Waals surface area contributed by atoms with Crippen molar-refractivity contribution >= 4 is 16.7 Å². The van der Waals surface area contributed by atoms with E-state index in [9.17, 15) is 18.0 Å². The summed E-state index contributed by atoms with van der Waals surface area (Å²) in [5, 5.41) is 4.17. The van der Waals surface area contributed by atoms with Crippen LogP contribution in [-0.2, 0) is 11.2 Å². The van der Waals surface area contributed by atoms with Gasteiger partial charge in [-0.25, -0.2) is 0 Å². The lowest BCUT2D eigenvalue weighted by molar-refractivity contribution is -0.274. The van der Waals surface area contributed by atoms with Crippen LogP contribution in [0.25, 0.3) is 10.8 Å². The van der Waals surface area contributed by atoms with E-state index >= 15 is 0 Å². The average molecular weight is 297 g/mol. The van der Waals surface area contributed by atoms with Gasteiger partial charge in [-0.15, -0.1) is 13.2 Å². The van der Waals surface area contributed by atoms with Gasteiger partial charge in [0.15, 0.2) is 0 Å². The van der Waals surface area contributed by atoms with Crippen molar-refractivity contribution in [2.75, 3.05) is 6.54 Å². The molecule has 0 saturated heterocycles. The number of amides is 1. The molecule has 2 aromatic rings. The molecule has 0 fully saturated rings. The summed E-state index contributed by atoms with van der Waals surface area (Å²) >= 11 is 0. The zero-order valence-corrected chi connectivity index (χ0v) is 11.3. The highest BCUT2D eigenvalue weighted by Crippen LogP contribution is 2.28. The standard InChI is InChI=1S/C15H14F3NO2/c1-10(20)19-8-7-12-4-2-3-11-5-6-13(9-14(11)12)21-15(16,17)18/h2-6,9H,7-8H2,1H3,(H,19,20). The molecule has 0 spiro atoms. The number of carbonyl (C=O) groups excluding carboxylic acids is 1. The first kappa shape index (κ1) is 15.2. The van der Waals surface area contributed by atoms with Crippen molar-refractivity contribution in [1.82, 2.24) is 5.32 Å². The smallest absolute Gasteiger partial charge is 0.406 e. The van der Waals surface area contributed by atoms with E-state index in [1.54, 1.807) is 6.07 Å². The predicted molar refractivity (Wildman–Crippen MR) is 73.0 cm³/mol. The van der Waals surface area contributed by atoms with Crippen LogP contribution in [0.4, 0.5) is 13.2 Å². The van der Waals surface area contributed by atoms with Crippen molar-refractivity contribution in [3.63, 3.8) is 0 Å². The highest BCUT2D eigenvalue weighted by atomic mass is 19.4. The first-order valence-corrected chi connectivity index (χ1v) is 6.37. The lowest BCUT2D eigenvalue weighted by atomic mass is 10.0. The van der Waals surface area contributed by atoms with Crippen LogP contribution in [0.5, 0.6) is 5.75 Å². The molecule has 0 radical (unpaired) electrons. The maximum Gasteiger partial charge on any atom is 0.573 e. The van der Waals surface area contributed by atoms with E-state index in [4.69, 9.17) is 0 Å². The fraction of sp³-hybridized carbons (Fsp3) is 0.267. The molecule has 0 saturated carbocycles. The van der Waals surface area contributed by atoms with Crippen LogP contribution in [0, 0.1) is 0 Å². The number of rotatable bonds is 4. The lowest BCUT2D eigenvalue weighted by Gasteiger charge is -2.11. The highest BCUT2D eigenvalue weighted by molar-refractivity contribution is 5.87. The lowest BCUT2D eigenvalue weighted by Crippen LogP contribution is -2.22. The van der Waals surface area contributed by atoms with Crippen LogP contribution in [0.2, 0.25) is 0 Å². The van der Waals surface area contributed by atoms with Gasteiger partial charge >= 0.3 is 6.36 Å².